The van der Waals surface area contributed by atoms with E-state index in [1.165, 1.54) is 6.42 Å². The Balaban J connectivity index is 2.15. The van der Waals surface area contributed by atoms with Crippen LogP contribution in [0.5, 0.6) is 0 Å². The van der Waals surface area contributed by atoms with Crippen LogP contribution in [0.25, 0.3) is 0 Å². The largest absolute Gasteiger partial charge is 0.363 e. The molecule has 1 unspecified atom stereocenters. The van der Waals surface area contributed by atoms with Crippen molar-refractivity contribution in [1.29, 1.82) is 0 Å². The van der Waals surface area contributed by atoms with Crippen molar-refractivity contribution in [2.45, 2.75) is 19.8 Å². The molecule has 0 aromatic carbocycles. The normalized spacial score (nSPS) is 19.7. The lowest BCUT2D eigenvalue weighted by Gasteiger charge is -2.31. The first kappa shape index (κ1) is 12.9. The molecule has 1 atom stereocenters. The number of hydrogen-bond donors (Lipinski definition) is 0. The summed E-state index contributed by atoms with van der Waals surface area (Å²) in [5.41, 5.74) is 0.739. The minimum atomic E-state index is 0.132. The van der Waals surface area contributed by atoms with Crippen LogP contribution in [0.4, 0.5) is 5.82 Å². The number of carbonyl (C=O) groups is 1. The molecule has 0 bridgehead atoms. The smallest absolute Gasteiger partial charge is 0.254 e. The van der Waals surface area contributed by atoms with Crippen LogP contribution in [0.1, 0.15) is 30.1 Å². The minimum Gasteiger partial charge on any atom is -0.363 e. The Morgan fingerprint density at radius 2 is 2.28 bits per heavy atom. The van der Waals surface area contributed by atoms with E-state index in [1.807, 2.05) is 30.0 Å². The lowest BCUT2D eigenvalue weighted by atomic mass is 9.99. The zero-order chi connectivity index (χ0) is 13.1. The molecule has 0 radical (unpaired) electrons. The van der Waals surface area contributed by atoms with Gasteiger partial charge in [-0.15, -0.1) is 0 Å². The number of carbonyl (C=O) groups excluding carboxylic acids is 1. The summed E-state index contributed by atoms with van der Waals surface area (Å²) in [5, 5.41) is 0. The third-order valence-corrected chi connectivity index (χ3v) is 3.39. The van der Waals surface area contributed by atoms with E-state index in [-0.39, 0.29) is 5.91 Å². The van der Waals surface area contributed by atoms with Crippen LogP contribution >= 0.6 is 0 Å². The van der Waals surface area contributed by atoms with Gasteiger partial charge in [0, 0.05) is 38.9 Å². The standard InChI is InChI=1S/C14H21N3O/c1-11-5-4-8-17(10-11)14(18)12-6-7-15-13(9-12)16(2)3/h6-7,9,11H,4-5,8,10H2,1-3H3. The third kappa shape index (κ3) is 2.81. The average molecular weight is 247 g/mol. The molecule has 1 fully saturated rings. The second-order valence-corrected chi connectivity index (χ2v) is 5.30. The molecular formula is C14H21N3O. The highest BCUT2D eigenvalue weighted by Crippen LogP contribution is 2.19. The van der Waals surface area contributed by atoms with E-state index in [1.54, 1.807) is 12.3 Å². The number of nitrogens with zero attached hydrogens (tertiary/aromatic N) is 3. The average Bonchev–Trinajstić information content (AvgIpc) is 2.38. The molecule has 1 saturated heterocycles. The number of likely N-dealkylation sites (tertiary alicyclic amines) is 1. The van der Waals surface area contributed by atoms with Crippen LogP contribution in [-0.2, 0) is 0 Å². The fourth-order valence-electron chi connectivity index (χ4n) is 2.35. The van der Waals surface area contributed by atoms with Crippen molar-refractivity contribution >= 4 is 11.7 Å². The highest BCUT2D eigenvalue weighted by atomic mass is 16.2. The molecule has 0 spiro atoms. The van der Waals surface area contributed by atoms with Gasteiger partial charge in [-0.2, -0.15) is 0 Å². The molecule has 0 aliphatic carbocycles. The van der Waals surface area contributed by atoms with Crippen LogP contribution in [0.3, 0.4) is 0 Å². The number of piperidine rings is 1. The molecule has 0 saturated carbocycles. The highest BCUT2D eigenvalue weighted by molar-refractivity contribution is 5.94. The molecule has 0 N–H and O–H groups in total. The Hall–Kier alpha value is -1.58. The number of anilines is 1. The van der Waals surface area contributed by atoms with Crippen molar-refractivity contribution < 1.29 is 4.79 Å². The first-order valence-corrected chi connectivity index (χ1v) is 6.50. The molecule has 2 rings (SSSR count). The van der Waals surface area contributed by atoms with Gasteiger partial charge in [0.15, 0.2) is 0 Å². The summed E-state index contributed by atoms with van der Waals surface area (Å²) in [6.07, 6.45) is 4.04. The summed E-state index contributed by atoms with van der Waals surface area (Å²) >= 11 is 0. The van der Waals surface area contributed by atoms with Gasteiger partial charge in [-0.1, -0.05) is 6.92 Å². The van der Waals surface area contributed by atoms with E-state index >= 15 is 0 Å². The maximum atomic E-state index is 12.4. The van der Waals surface area contributed by atoms with Crippen LogP contribution < -0.4 is 4.90 Å². The van der Waals surface area contributed by atoms with Crippen molar-refractivity contribution in [2.75, 3.05) is 32.1 Å². The SMILES string of the molecule is CC1CCCN(C(=O)c2ccnc(N(C)C)c2)C1. The van der Waals surface area contributed by atoms with Gasteiger partial charge in [0.25, 0.3) is 5.91 Å². The molecule has 98 valence electrons. The van der Waals surface area contributed by atoms with Gasteiger partial charge >= 0.3 is 0 Å². The van der Waals surface area contributed by atoms with E-state index in [0.717, 1.165) is 30.9 Å². The third-order valence-electron chi connectivity index (χ3n) is 3.39. The minimum absolute atomic E-state index is 0.132. The number of aromatic nitrogens is 1. The molecule has 1 aromatic heterocycles. The van der Waals surface area contributed by atoms with Crippen molar-refractivity contribution in [2.24, 2.45) is 5.92 Å². The maximum absolute atomic E-state index is 12.4. The van der Waals surface area contributed by atoms with E-state index in [0.29, 0.717) is 5.92 Å². The Morgan fingerprint density at radius 1 is 1.50 bits per heavy atom. The summed E-state index contributed by atoms with van der Waals surface area (Å²) in [7, 11) is 3.86. The molecule has 2 heterocycles. The van der Waals surface area contributed by atoms with Gasteiger partial charge < -0.3 is 9.80 Å². The van der Waals surface area contributed by atoms with Gasteiger partial charge in [-0.05, 0) is 30.9 Å². The zero-order valence-electron chi connectivity index (χ0n) is 11.4. The molecule has 1 aliphatic rings. The highest BCUT2D eigenvalue weighted by Gasteiger charge is 2.22. The molecule has 1 aliphatic heterocycles. The lowest BCUT2D eigenvalue weighted by Crippen LogP contribution is -2.39. The molecule has 18 heavy (non-hydrogen) atoms. The first-order valence-electron chi connectivity index (χ1n) is 6.50. The monoisotopic (exact) mass is 247 g/mol. The Morgan fingerprint density at radius 3 is 2.94 bits per heavy atom. The summed E-state index contributed by atoms with van der Waals surface area (Å²) in [6, 6.07) is 3.66. The number of rotatable bonds is 2. The van der Waals surface area contributed by atoms with Gasteiger partial charge in [-0.3, -0.25) is 4.79 Å². The van der Waals surface area contributed by atoms with Crippen LogP contribution in [0.2, 0.25) is 0 Å². The summed E-state index contributed by atoms with van der Waals surface area (Å²) < 4.78 is 0. The fourth-order valence-corrected chi connectivity index (χ4v) is 2.35. The van der Waals surface area contributed by atoms with Crippen molar-refractivity contribution in [3.05, 3.63) is 23.9 Å². The zero-order valence-corrected chi connectivity index (χ0v) is 11.4. The predicted molar refractivity (Wildman–Crippen MR) is 72.9 cm³/mol. The number of pyridine rings is 1. The van der Waals surface area contributed by atoms with Gasteiger partial charge in [0.2, 0.25) is 0 Å². The second-order valence-electron chi connectivity index (χ2n) is 5.30. The molecule has 1 aromatic rings. The molecule has 4 nitrogen and oxygen atoms in total. The van der Waals surface area contributed by atoms with E-state index in [2.05, 4.69) is 11.9 Å². The predicted octanol–water partition coefficient (Wildman–Crippen LogP) is 2.02. The Kier molecular flexibility index (Phi) is 3.84. The molecule has 1 amide bonds. The van der Waals surface area contributed by atoms with E-state index in [9.17, 15) is 4.79 Å². The van der Waals surface area contributed by atoms with Crippen molar-refractivity contribution in [3.8, 4) is 0 Å². The summed E-state index contributed by atoms with van der Waals surface area (Å²) in [4.78, 5) is 20.5. The quantitative estimate of drug-likeness (QED) is 0.802. The summed E-state index contributed by atoms with van der Waals surface area (Å²) in [5.74, 6) is 1.57. The summed E-state index contributed by atoms with van der Waals surface area (Å²) in [6.45, 7) is 3.96. The fraction of sp³-hybridized carbons (Fsp3) is 0.571. The van der Waals surface area contributed by atoms with Crippen LogP contribution in [0, 0.1) is 5.92 Å². The molecule has 4 heteroatoms. The van der Waals surface area contributed by atoms with Gasteiger partial charge in [0.1, 0.15) is 5.82 Å². The van der Waals surface area contributed by atoms with Crippen molar-refractivity contribution in [1.82, 2.24) is 9.88 Å². The lowest BCUT2D eigenvalue weighted by molar-refractivity contribution is 0.0683. The topological polar surface area (TPSA) is 36.4 Å². The van der Waals surface area contributed by atoms with Crippen LogP contribution in [0.15, 0.2) is 18.3 Å². The van der Waals surface area contributed by atoms with E-state index in [4.69, 9.17) is 0 Å². The van der Waals surface area contributed by atoms with E-state index < -0.39 is 0 Å². The number of amides is 1. The first-order chi connectivity index (χ1) is 8.58. The van der Waals surface area contributed by atoms with Crippen molar-refractivity contribution in [3.63, 3.8) is 0 Å². The molecular weight excluding hydrogens is 226 g/mol. The van der Waals surface area contributed by atoms with Crippen LogP contribution in [-0.4, -0.2) is 43.0 Å². The maximum Gasteiger partial charge on any atom is 0.254 e. The number of hydrogen-bond acceptors (Lipinski definition) is 3. The Labute approximate surface area is 109 Å². The van der Waals surface area contributed by atoms with Gasteiger partial charge in [0.05, 0.1) is 0 Å². The second kappa shape index (κ2) is 5.38. The van der Waals surface area contributed by atoms with Gasteiger partial charge in [-0.25, -0.2) is 4.98 Å². The Bertz CT molecular complexity index is 431.